The number of rotatable bonds is 3. The standard InChI is InChI=1S/C14H17N7O2/c22-20(23)11-7-15-16-12(11)13-17-19-21(18-13)14-4-8-1-9(5-14)3-10(2-8)6-14/h7-10H,1-6H2,(H,15,16). The maximum absolute atomic E-state index is 11.0. The van der Waals surface area contributed by atoms with E-state index in [-0.39, 0.29) is 22.7 Å². The van der Waals surface area contributed by atoms with E-state index in [1.807, 2.05) is 0 Å². The first kappa shape index (κ1) is 13.1. The van der Waals surface area contributed by atoms with Crippen LogP contribution in [0.25, 0.3) is 11.5 Å². The molecule has 0 radical (unpaired) electrons. The molecule has 120 valence electrons. The highest BCUT2D eigenvalue weighted by Gasteiger charge is 2.53. The second-order valence-electron chi connectivity index (χ2n) is 7.43. The summed E-state index contributed by atoms with van der Waals surface area (Å²) in [6.07, 6.45) is 8.53. The van der Waals surface area contributed by atoms with Crippen molar-refractivity contribution in [2.45, 2.75) is 44.1 Å². The molecule has 6 rings (SSSR count). The largest absolute Gasteiger partial charge is 0.318 e. The monoisotopic (exact) mass is 315 g/mol. The van der Waals surface area contributed by atoms with Gasteiger partial charge >= 0.3 is 5.69 Å². The third-order valence-electron chi connectivity index (χ3n) is 5.88. The summed E-state index contributed by atoms with van der Waals surface area (Å²) in [5.74, 6) is 2.58. The molecule has 2 aromatic heterocycles. The molecular formula is C14H17N7O2. The predicted octanol–water partition coefficient (Wildman–Crippen LogP) is 1.90. The molecule has 0 amide bonds. The van der Waals surface area contributed by atoms with E-state index in [2.05, 4.69) is 25.6 Å². The first-order chi connectivity index (χ1) is 11.1. The molecule has 4 aliphatic rings. The van der Waals surface area contributed by atoms with Crippen LogP contribution in [0.2, 0.25) is 0 Å². The molecule has 4 bridgehead atoms. The number of aromatic amines is 1. The van der Waals surface area contributed by atoms with Crippen molar-refractivity contribution in [3.8, 4) is 11.5 Å². The van der Waals surface area contributed by atoms with Gasteiger partial charge < -0.3 is 0 Å². The molecule has 0 unspecified atom stereocenters. The van der Waals surface area contributed by atoms with Crippen LogP contribution in [0.1, 0.15) is 38.5 Å². The van der Waals surface area contributed by atoms with Gasteiger partial charge in [-0.1, -0.05) is 0 Å². The first-order valence-corrected chi connectivity index (χ1v) is 8.11. The molecule has 0 aromatic carbocycles. The number of nitrogens with one attached hydrogen (secondary N) is 1. The summed E-state index contributed by atoms with van der Waals surface area (Å²) >= 11 is 0. The van der Waals surface area contributed by atoms with Crippen molar-refractivity contribution >= 4 is 5.69 Å². The lowest BCUT2D eigenvalue weighted by Gasteiger charge is -2.55. The zero-order chi connectivity index (χ0) is 15.6. The molecule has 0 spiro atoms. The summed E-state index contributed by atoms with van der Waals surface area (Å²) in [7, 11) is 0. The summed E-state index contributed by atoms with van der Waals surface area (Å²) in [4.78, 5) is 12.3. The Bertz CT molecular complexity index is 744. The normalized spacial score (nSPS) is 34.9. The van der Waals surface area contributed by atoms with Crippen LogP contribution in [-0.2, 0) is 5.54 Å². The van der Waals surface area contributed by atoms with E-state index in [9.17, 15) is 10.1 Å². The van der Waals surface area contributed by atoms with Gasteiger partial charge in [0.05, 0.1) is 10.5 Å². The average molecular weight is 315 g/mol. The van der Waals surface area contributed by atoms with Crippen LogP contribution in [-0.4, -0.2) is 35.3 Å². The fourth-order valence-corrected chi connectivity index (χ4v) is 5.41. The molecule has 9 heteroatoms. The van der Waals surface area contributed by atoms with E-state index in [0.717, 1.165) is 37.0 Å². The van der Waals surface area contributed by atoms with Gasteiger partial charge in [-0.2, -0.15) is 9.90 Å². The van der Waals surface area contributed by atoms with E-state index < -0.39 is 4.92 Å². The van der Waals surface area contributed by atoms with Crippen molar-refractivity contribution in [2.24, 2.45) is 17.8 Å². The number of H-pyrrole nitrogens is 1. The van der Waals surface area contributed by atoms with Crippen molar-refractivity contribution < 1.29 is 4.92 Å². The highest BCUT2D eigenvalue weighted by molar-refractivity contribution is 5.61. The van der Waals surface area contributed by atoms with Crippen LogP contribution in [0.4, 0.5) is 5.69 Å². The second-order valence-corrected chi connectivity index (χ2v) is 7.43. The minimum Gasteiger partial charge on any atom is -0.268 e. The Morgan fingerprint density at radius 1 is 1.22 bits per heavy atom. The Morgan fingerprint density at radius 2 is 1.87 bits per heavy atom. The van der Waals surface area contributed by atoms with Gasteiger partial charge in [0.2, 0.25) is 5.82 Å². The van der Waals surface area contributed by atoms with Gasteiger partial charge in [-0.25, -0.2) is 0 Å². The third-order valence-corrected chi connectivity index (χ3v) is 5.88. The van der Waals surface area contributed by atoms with Gasteiger partial charge in [-0.05, 0) is 61.5 Å². The first-order valence-electron chi connectivity index (χ1n) is 8.11. The molecule has 23 heavy (non-hydrogen) atoms. The third kappa shape index (κ3) is 1.85. The summed E-state index contributed by atoms with van der Waals surface area (Å²) in [6.45, 7) is 0. The number of nitro groups is 1. The predicted molar refractivity (Wildman–Crippen MR) is 78.2 cm³/mol. The molecule has 0 aliphatic heterocycles. The molecule has 0 atom stereocenters. The lowest BCUT2D eigenvalue weighted by atomic mass is 9.53. The van der Waals surface area contributed by atoms with Crippen LogP contribution < -0.4 is 0 Å². The zero-order valence-corrected chi connectivity index (χ0v) is 12.6. The lowest BCUT2D eigenvalue weighted by Crippen LogP contribution is -2.52. The van der Waals surface area contributed by atoms with Gasteiger partial charge in [0.1, 0.15) is 6.20 Å². The van der Waals surface area contributed by atoms with E-state index in [4.69, 9.17) is 0 Å². The molecule has 4 saturated carbocycles. The van der Waals surface area contributed by atoms with Crippen molar-refractivity contribution in [2.75, 3.05) is 0 Å². The molecule has 2 heterocycles. The van der Waals surface area contributed by atoms with Crippen LogP contribution in [0, 0.1) is 27.9 Å². The minimum absolute atomic E-state index is 0.0329. The second kappa shape index (κ2) is 4.36. The van der Waals surface area contributed by atoms with Crippen LogP contribution in [0.5, 0.6) is 0 Å². The van der Waals surface area contributed by atoms with Crippen molar-refractivity contribution in [1.29, 1.82) is 0 Å². The number of aromatic nitrogens is 6. The Hall–Kier alpha value is -2.32. The van der Waals surface area contributed by atoms with Crippen LogP contribution >= 0.6 is 0 Å². The highest BCUT2D eigenvalue weighted by Crippen LogP contribution is 2.58. The fraction of sp³-hybridized carbons (Fsp3) is 0.714. The summed E-state index contributed by atoms with van der Waals surface area (Å²) in [5.41, 5.74) is 0.0791. The van der Waals surface area contributed by atoms with Crippen molar-refractivity contribution in [1.82, 2.24) is 30.4 Å². The molecule has 9 nitrogen and oxygen atoms in total. The topological polar surface area (TPSA) is 115 Å². The van der Waals surface area contributed by atoms with Crippen molar-refractivity contribution in [3.05, 3.63) is 16.3 Å². The van der Waals surface area contributed by atoms with Gasteiger partial charge in [0.25, 0.3) is 0 Å². The highest BCUT2D eigenvalue weighted by atomic mass is 16.6. The Balaban J connectivity index is 1.52. The number of tetrazole rings is 1. The van der Waals surface area contributed by atoms with Gasteiger partial charge in [-0.15, -0.1) is 10.2 Å². The zero-order valence-electron chi connectivity index (χ0n) is 12.6. The van der Waals surface area contributed by atoms with E-state index in [1.54, 1.807) is 4.80 Å². The van der Waals surface area contributed by atoms with Crippen LogP contribution in [0.15, 0.2) is 6.20 Å². The lowest BCUT2D eigenvalue weighted by molar-refractivity contribution is -0.384. The SMILES string of the molecule is O=[N+]([O-])c1cn[nH]c1-c1nnn(C23CC4CC(CC(C4)C2)C3)n1. The number of nitrogens with zero attached hydrogens (tertiary/aromatic N) is 6. The van der Waals surface area contributed by atoms with Crippen LogP contribution in [0.3, 0.4) is 0 Å². The summed E-state index contributed by atoms with van der Waals surface area (Å²) in [5, 5.41) is 30.2. The molecule has 4 aliphatic carbocycles. The van der Waals surface area contributed by atoms with Gasteiger partial charge in [-0.3, -0.25) is 15.2 Å². The Kier molecular flexibility index (Phi) is 2.49. The summed E-state index contributed by atoms with van der Waals surface area (Å²) < 4.78 is 0. The maximum atomic E-state index is 11.0. The summed E-state index contributed by atoms with van der Waals surface area (Å²) in [6, 6.07) is 0. The Morgan fingerprint density at radius 3 is 2.48 bits per heavy atom. The van der Waals surface area contributed by atoms with Crippen molar-refractivity contribution in [3.63, 3.8) is 0 Å². The molecule has 0 saturated heterocycles. The minimum atomic E-state index is -0.482. The molecule has 4 fully saturated rings. The van der Waals surface area contributed by atoms with E-state index in [0.29, 0.717) is 0 Å². The number of hydrogen-bond acceptors (Lipinski definition) is 6. The fourth-order valence-electron chi connectivity index (χ4n) is 5.41. The van der Waals surface area contributed by atoms with Gasteiger partial charge in [0.15, 0.2) is 5.69 Å². The average Bonchev–Trinajstić information content (AvgIpc) is 3.15. The maximum Gasteiger partial charge on any atom is 0.318 e. The van der Waals surface area contributed by atoms with E-state index >= 15 is 0 Å². The molecular weight excluding hydrogens is 298 g/mol. The van der Waals surface area contributed by atoms with Gasteiger partial charge in [0, 0.05) is 0 Å². The number of hydrogen-bond donors (Lipinski definition) is 1. The molecule has 2 aromatic rings. The Labute approximate surface area is 131 Å². The van der Waals surface area contributed by atoms with E-state index in [1.165, 1.54) is 25.5 Å². The smallest absolute Gasteiger partial charge is 0.268 e. The quantitative estimate of drug-likeness (QED) is 0.683. The molecule has 1 N–H and O–H groups in total.